The lowest BCUT2D eigenvalue weighted by Gasteiger charge is -2.30. The standard InChI is InChI=1S/C14H13NOS/c16-14-5-7-15(9-11-6-8-17-10-11)13-4-2-1-3-12(13)14/h1-4,6,8,10H,5,7,9H2. The highest BCUT2D eigenvalue weighted by Gasteiger charge is 2.22. The fourth-order valence-electron chi connectivity index (χ4n) is 2.24. The Morgan fingerprint density at radius 1 is 1.24 bits per heavy atom. The number of anilines is 1. The molecule has 0 bridgehead atoms. The second kappa shape index (κ2) is 4.34. The van der Waals surface area contributed by atoms with E-state index in [9.17, 15) is 4.79 Å². The molecule has 0 N–H and O–H groups in total. The number of carbonyl (C=O) groups excluding carboxylic acids is 1. The number of Topliss-reactive ketones (excluding diaryl/α,β-unsaturated/α-hetero) is 1. The number of carbonyl (C=O) groups is 1. The van der Waals surface area contributed by atoms with Crippen LogP contribution in [0.2, 0.25) is 0 Å². The first kappa shape index (κ1) is 10.5. The van der Waals surface area contributed by atoms with Crippen LogP contribution in [-0.4, -0.2) is 12.3 Å². The molecule has 0 unspecified atom stereocenters. The van der Waals surface area contributed by atoms with Crippen LogP contribution in [0, 0.1) is 0 Å². The lowest BCUT2D eigenvalue weighted by Crippen LogP contribution is -2.31. The fraction of sp³-hybridized carbons (Fsp3) is 0.214. The Labute approximate surface area is 105 Å². The van der Waals surface area contributed by atoms with E-state index in [0.29, 0.717) is 6.42 Å². The third kappa shape index (κ3) is 1.98. The van der Waals surface area contributed by atoms with Crippen LogP contribution in [0.25, 0.3) is 0 Å². The lowest BCUT2D eigenvalue weighted by molar-refractivity contribution is 0.0979. The highest BCUT2D eigenvalue weighted by molar-refractivity contribution is 7.07. The number of rotatable bonds is 2. The van der Waals surface area contributed by atoms with Crippen LogP contribution in [0.1, 0.15) is 22.3 Å². The number of nitrogens with zero attached hydrogens (tertiary/aromatic N) is 1. The minimum Gasteiger partial charge on any atom is -0.366 e. The Morgan fingerprint density at radius 3 is 2.94 bits per heavy atom. The Balaban J connectivity index is 1.93. The molecule has 0 atom stereocenters. The molecule has 1 aromatic heterocycles. The van der Waals surface area contributed by atoms with E-state index >= 15 is 0 Å². The summed E-state index contributed by atoms with van der Waals surface area (Å²) < 4.78 is 0. The van der Waals surface area contributed by atoms with E-state index in [1.807, 2.05) is 24.3 Å². The van der Waals surface area contributed by atoms with E-state index in [0.717, 1.165) is 24.3 Å². The van der Waals surface area contributed by atoms with Gasteiger partial charge in [-0.1, -0.05) is 12.1 Å². The highest BCUT2D eigenvalue weighted by Crippen LogP contribution is 2.28. The van der Waals surface area contributed by atoms with Gasteiger partial charge in [0.15, 0.2) is 5.78 Å². The summed E-state index contributed by atoms with van der Waals surface area (Å²) in [5.74, 6) is 0.266. The molecular weight excluding hydrogens is 230 g/mol. The molecule has 2 heterocycles. The van der Waals surface area contributed by atoms with Gasteiger partial charge in [0.1, 0.15) is 0 Å². The molecule has 0 aliphatic carbocycles. The first-order valence-electron chi connectivity index (χ1n) is 5.73. The van der Waals surface area contributed by atoms with Gasteiger partial charge in [0.25, 0.3) is 0 Å². The molecule has 1 aromatic carbocycles. The van der Waals surface area contributed by atoms with Gasteiger partial charge in [0.2, 0.25) is 0 Å². The molecule has 0 saturated carbocycles. The molecule has 0 spiro atoms. The van der Waals surface area contributed by atoms with Crippen LogP contribution in [0.5, 0.6) is 0 Å². The Bertz CT molecular complexity index is 533. The topological polar surface area (TPSA) is 20.3 Å². The zero-order valence-electron chi connectivity index (χ0n) is 9.43. The summed E-state index contributed by atoms with van der Waals surface area (Å²) >= 11 is 1.72. The quantitative estimate of drug-likeness (QED) is 0.806. The van der Waals surface area contributed by atoms with E-state index < -0.39 is 0 Å². The van der Waals surface area contributed by atoms with Gasteiger partial charge in [0.05, 0.1) is 0 Å². The van der Waals surface area contributed by atoms with E-state index in [4.69, 9.17) is 0 Å². The van der Waals surface area contributed by atoms with Crippen molar-refractivity contribution in [2.24, 2.45) is 0 Å². The van der Waals surface area contributed by atoms with Gasteiger partial charge < -0.3 is 4.90 Å². The van der Waals surface area contributed by atoms with E-state index in [1.54, 1.807) is 11.3 Å². The molecule has 3 rings (SSSR count). The molecule has 0 fully saturated rings. The van der Waals surface area contributed by atoms with Crippen molar-refractivity contribution in [3.05, 3.63) is 52.2 Å². The molecule has 2 nitrogen and oxygen atoms in total. The third-order valence-corrected chi connectivity index (χ3v) is 3.84. The SMILES string of the molecule is O=C1CCN(Cc2ccsc2)c2ccccc21. The first-order chi connectivity index (χ1) is 8.34. The predicted octanol–water partition coefficient (Wildman–Crippen LogP) is 3.34. The molecule has 1 aliphatic rings. The summed E-state index contributed by atoms with van der Waals surface area (Å²) in [5.41, 5.74) is 3.27. The van der Waals surface area contributed by atoms with Crippen LogP contribution in [0.15, 0.2) is 41.1 Å². The number of hydrogen-bond donors (Lipinski definition) is 0. The number of benzene rings is 1. The summed E-state index contributed by atoms with van der Waals surface area (Å²) in [7, 11) is 0. The predicted molar refractivity (Wildman–Crippen MR) is 70.8 cm³/mol. The van der Waals surface area contributed by atoms with Crippen molar-refractivity contribution in [1.29, 1.82) is 0 Å². The Morgan fingerprint density at radius 2 is 2.12 bits per heavy atom. The van der Waals surface area contributed by atoms with Gasteiger partial charge in [-0.15, -0.1) is 0 Å². The van der Waals surface area contributed by atoms with Gasteiger partial charge in [-0.05, 0) is 34.5 Å². The average molecular weight is 243 g/mol. The van der Waals surface area contributed by atoms with Crippen molar-refractivity contribution in [3.8, 4) is 0 Å². The molecule has 0 radical (unpaired) electrons. The van der Waals surface area contributed by atoms with E-state index in [2.05, 4.69) is 21.7 Å². The molecule has 1 aliphatic heterocycles. The second-order valence-electron chi connectivity index (χ2n) is 4.24. The number of fused-ring (bicyclic) bond motifs is 1. The molecule has 86 valence electrons. The maximum absolute atomic E-state index is 11.8. The van der Waals surface area contributed by atoms with Crippen LogP contribution >= 0.6 is 11.3 Å². The highest BCUT2D eigenvalue weighted by atomic mass is 32.1. The average Bonchev–Trinajstić information content (AvgIpc) is 2.86. The lowest BCUT2D eigenvalue weighted by atomic mass is 10.00. The number of thiophene rings is 1. The maximum Gasteiger partial charge on any atom is 0.166 e. The zero-order valence-corrected chi connectivity index (χ0v) is 10.2. The molecule has 3 heteroatoms. The van der Waals surface area contributed by atoms with Crippen molar-refractivity contribution in [2.45, 2.75) is 13.0 Å². The first-order valence-corrected chi connectivity index (χ1v) is 6.67. The summed E-state index contributed by atoms with van der Waals surface area (Å²) in [6.45, 7) is 1.72. The smallest absolute Gasteiger partial charge is 0.166 e. The third-order valence-electron chi connectivity index (χ3n) is 3.11. The molecule has 17 heavy (non-hydrogen) atoms. The minimum atomic E-state index is 0.266. The van der Waals surface area contributed by atoms with Crippen LogP contribution < -0.4 is 4.90 Å². The van der Waals surface area contributed by atoms with Crippen molar-refractivity contribution in [1.82, 2.24) is 0 Å². The summed E-state index contributed by atoms with van der Waals surface area (Å²) in [6, 6.07) is 10.0. The summed E-state index contributed by atoms with van der Waals surface area (Å²) in [5, 5.41) is 4.26. The number of para-hydroxylation sites is 1. The van der Waals surface area contributed by atoms with Crippen LogP contribution in [-0.2, 0) is 6.54 Å². The number of hydrogen-bond acceptors (Lipinski definition) is 3. The van der Waals surface area contributed by atoms with Gasteiger partial charge in [-0.25, -0.2) is 0 Å². The van der Waals surface area contributed by atoms with Gasteiger partial charge >= 0.3 is 0 Å². The van der Waals surface area contributed by atoms with Crippen LogP contribution in [0.3, 0.4) is 0 Å². The van der Waals surface area contributed by atoms with Gasteiger partial charge in [0, 0.05) is 30.8 Å². The van der Waals surface area contributed by atoms with Crippen molar-refractivity contribution < 1.29 is 4.79 Å². The van der Waals surface area contributed by atoms with Crippen LogP contribution in [0.4, 0.5) is 5.69 Å². The van der Waals surface area contributed by atoms with Crippen molar-refractivity contribution in [2.75, 3.05) is 11.4 Å². The normalized spacial score (nSPS) is 14.8. The Hall–Kier alpha value is -1.61. The van der Waals surface area contributed by atoms with Gasteiger partial charge in [-0.3, -0.25) is 4.79 Å². The molecular formula is C14H13NOS. The van der Waals surface area contributed by atoms with Gasteiger partial charge in [-0.2, -0.15) is 11.3 Å². The van der Waals surface area contributed by atoms with E-state index in [1.165, 1.54) is 5.56 Å². The second-order valence-corrected chi connectivity index (χ2v) is 5.02. The molecule has 0 saturated heterocycles. The fourth-order valence-corrected chi connectivity index (χ4v) is 2.90. The van der Waals surface area contributed by atoms with E-state index in [-0.39, 0.29) is 5.78 Å². The zero-order chi connectivity index (χ0) is 11.7. The monoisotopic (exact) mass is 243 g/mol. The summed E-state index contributed by atoms with van der Waals surface area (Å²) in [4.78, 5) is 14.1. The molecule has 2 aromatic rings. The van der Waals surface area contributed by atoms with Crippen molar-refractivity contribution >= 4 is 22.8 Å². The van der Waals surface area contributed by atoms with Crippen molar-refractivity contribution in [3.63, 3.8) is 0 Å². The number of ketones is 1. The minimum absolute atomic E-state index is 0.266. The Kier molecular flexibility index (Phi) is 2.69. The molecule has 0 amide bonds. The maximum atomic E-state index is 11.8. The summed E-state index contributed by atoms with van der Waals surface area (Å²) in [6.07, 6.45) is 0.626. The largest absolute Gasteiger partial charge is 0.366 e.